The van der Waals surface area contributed by atoms with Gasteiger partial charge in [-0.05, 0) is 43.4 Å². The Morgan fingerprint density at radius 2 is 1.86 bits per heavy atom. The van der Waals surface area contributed by atoms with E-state index in [2.05, 4.69) is 10.3 Å². The number of nitrogens with one attached hydrogen (secondary N) is 1. The molecule has 2 heterocycles. The first kappa shape index (κ1) is 26.3. The molecular weight excluding hydrogens is 482 g/mol. The summed E-state index contributed by atoms with van der Waals surface area (Å²) in [6.45, 7) is 2.92. The minimum Gasteiger partial charge on any atom is -0.493 e. The molecule has 12 nitrogen and oxygen atoms in total. The van der Waals surface area contributed by atoms with E-state index in [4.69, 9.17) is 18.9 Å². The van der Waals surface area contributed by atoms with Crippen LogP contribution in [-0.4, -0.2) is 59.2 Å². The maximum atomic E-state index is 13.2. The molecule has 0 amide bonds. The molecule has 4 rings (SSSR count). The molecule has 1 atom stereocenters. The second-order valence-corrected chi connectivity index (χ2v) is 8.90. The highest BCUT2D eigenvalue weighted by Gasteiger charge is 2.29. The first-order chi connectivity index (χ1) is 17.8. The molecular formula is C25H33N5O7. The van der Waals surface area contributed by atoms with Gasteiger partial charge < -0.3 is 28.8 Å². The van der Waals surface area contributed by atoms with E-state index in [1.807, 2.05) is 0 Å². The van der Waals surface area contributed by atoms with E-state index in [9.17, 15) is 14.4 Å². The predicted molar refractivity (Wildman–Crippen MR) is 136 cm³/mol. The molecule has 37 heavy (non-hydrogen) atoms. The van der Waals surface area contributed by atoms with Crippen LogP contribution in [0.4, 0.5) is 5.95 Å². The number of esters is 1. The SMILES string of the molecule is CCOC(=O)[C@@H](Nc1nc2c(c(=O)n(C)c(=O)n2CC2CC2)n1CCOC)c1ccc(OC)c(OC)c1. The van der Waals surface area contributed by atoms with Crippen LogP contribution >= 0.6 is 0 Å². The summed E-state index contributed by atoms with van der Waals surface area (Å²) in [5.74, 6) is 1.03. The highest BCUT2D eigenvalue weighted by Crippen LogP contribution is 2.33. The number of ether oxygens (including phenoxy) is 4. The van der Waals surface area contributed by atoms with E-state index in [0.29, 0.717) is 29.5 Å². The van der Waals surface area contributed by atoms with Gasteiger partial charge in [-0.25, -0.2) is 9.59 Å². The molecule has 0 saturated heterocycles. The maximum absolute atomic E-state index is 13.2. The standard InChI is InChI=1S/C25H33N5O7/c1-6-37-23(32)19(16-9-10-17(35-4)18(13-16)36-5)26-24-27-21-20(29(24)11-12-34-3)22(31)28(2)25(33)30(21)14-15-7-8-15/h9-10,13,15,19H,6-8,11-12,14H2,1-5H3,(H,26,27)/t19-/m0/s1. The molecule has 1 saturated carbocycles. The Labute approximate surface area is 213 Å². The Morgan fingerprint density at radius 3 is 2.49 bits per heavy atom. The molecule has 1 fully saturated rings. The number of carbonyl (C=O) groups excluding carboxylic acids is 1. The molecule has 2 aromatic heterocycles. The van der Waals surface area contributed by atoms with E-state index in [-0.39, 0.29) is 36.9 Å². The summed E-state index contributed by atoms with van der Waals surface area (Å²) in [6.07, 6.45) is 2.05. The fourth-order valence-electron chi connectivity index (χ4n) is 4.26. The lowest BCUT2D eigenvalue weighted by molar-refractivity contribution is -0.144. The Bertz CT molecular complexity index is 1400. The van der Waals surface area contributed by atoms with Crippen LogP contribution in [-0.2, 0) is 34.4 Å². The lowest BCUT2D eigenvalue weighted by Gasteiger charge is -2.20. The number of hydrogen-bond donors (Lipinski definition) is 1. The largest absolute Gasteiger partial charge is 0.493 e. The van der Waals surface area contributed by atoms with Crippen molar-refractivity contribution in [2.45, 2.75) is 38.9 Å². The summed E-state index contributed by atoms with van der Waals surface area (Å²) in [5.41, 5.74) is 0.187. The molecule has 200 valence electrons. The number of methoxy groups -OCH3 is 3. The highest BCUT2D eigenvalue weighted by molar-refractivity contribution is 5.82. The van der Waals surface area contributed by atoms with Crippen molar-refractivity contribution in [2.24, 2.45) is 13.0 Å². The van der Waals surface area contributed by atoms with Gasteiger partial charge in [0, 0.05) is 27.2 Å². The van der Waals surface area contributed by atoms with Gasteiger partial charge >= 0.3 is 11.7 Å². The van der Waals surface area contributed by atoms with Crippen LogP contribution in [0.5, 0.6) is 11.5 Å². The van der Waals surface area contributed by atoms with E-state index in [1.165, 1.54) is 21.3 Å². The number of imidazole rings is 1. The van der Waals surface area contributed by atoms with Gasteiger partial charge in [-0.15, -0.1) is 0 Å². The minimum absolute atomic E-state index is 0.172. The van der Waals surface area contributed by atoms with Crippen LogP contribution in [0.3, 0.4) is 0 Å². The van der Waals surface area contributed by atoms with Crippen molar-refractivity contribution in [2.75, 3.05) is 39.9 Å². The third-order valence-corrected chi connectivity index (χ3v) is 6.42. The van der Waals surface area contributed by atoms with Gasteiger partial charge in [-0.2, -0.15) is 4.98 Å². The summed E-state index contributed by atoms with van der Waals surface area (Å²) < 4.78 is 25.6. The first-order valence-electron chi connectivity index (χ1n) is 12.2. The summed E-state index contributed by atoms with van der Waals surface area (Å²) in [7, 11) is 6.05. The zero-order valence-corrected chi connectivity index (χ0v) is 21.8. The topological polar surface area (TPSA) is 128 Å². The fraction of sp³-hybridized carbons (Fsp3) is 0.520. The van der Waals surface area contributed by atoms with Gasteiger partial charge in [-0.3, -0.25) is 13.9 Å². The minimum atomic E-state index is -0.981. The van der Waals surface area contributed by atoms with Gasteiger partial charge in [0.2, 0.25) is 5.95 Å². The normalized spacial score (nSPS) is 14.0. The number of fused-ring (bicyclic) bond motifs is 1. The summed E-state index contributed by atoms with van der Waals surface area (Å²) in [5, 5.41) is 3.16. The maximum Gasteiger partial charge on any atom is 0.333 e. The molecule has 1 aromatic carbocycles. The van der Waals surface area contributed by atoms with E-state index >= 15 is 0 Å². The summed E-state index contributed by atoms with van der Waals surface area (Å²) in [4.78, 5) is 44.0. The number of anilines is 1. The van der Waals surface area contributed by atoms with Crippen molar-refractivity contribution in [1.82, 2.24) is 18.7 Å². The molecule has 1 aliphatic carbocycles. The predicted octanol–water partition coefficient (Wildman–Crippen LogP) is 1.69. The van der Waals surface area contributed by atoms with Crippen LogP contribution in [0.25, 0.3) is 11.2 Å². The van der Waals surface area contributed by atoms with Crippen molar-refractivity contribution < 1.29 is 23.7 Å². The van der Waals surface area contributed by atoms with Crippen molar-refractivity contribution >= 4 is 23.1 Å². The Kier molecular flexibility index (Phi) is 7.86. The van der Waals surface area contributed by atoms with Crippen molar-refractivity contribution in [3.8, 4) is 11.5 Å². The van der Waals surface area contributed by atoms with Gasteiger partial charge in [0.1, 0.15) is 0 Å². The molecule has 12 heteroatoms. The zero-order valence-electron chi connectivity index (χ0n) is 21.8. The molecule has 0 spiro atoms. The van der Waals surface area contributed by atoms with E-state index < -0.39 is 23.3 Å². The molecule has 1 N–H and O–H groups in total. The van der Waals surface area contributed by atoms with Gasteiger partial charge in [0.05, 0.1) is 27.4 Å². The fourth-order valence-corrected chi connectivity index (χ4v) is 4.26. The van der Waals surface area contributed by atoms with E-state index in [1.54, 1.807) is 41.4 Å². The van der Waals surface area contributed by atoms with Crippen molar-refractivity contribution in [1.29, 1.82) is 0 Å². The number of nitrogens with zero attached hydrogens (tertiary/aromatic N) is 4. The number of rotatable bonds is 12. The zero-order chi connectivity index (χ0) is 26.7. The second-order valence-electron chi connectivity index (χ2n) is 8.90. The second kappa shape index (κ2) is 11.1. The van der Waals surface area contributed by atoms with Crippen LogP contribution in [0.2, 0.25) is 0 Å². The number of carbonyl (C=O) groups is 1. The van der Waals surface area contributed by atoms with E-state index in [0.717, 1.165) is 17.4 Å². The van der Waals surface area contributed by atoms with Crippen molar-refractivity contribution in [3.63, 3.8) is 0 Å². The molecule has 0 radical (unpaired) electrons. The van der Waals surface area contributed by atoms with Gasteiger partial charge in [-0.1, -0.05) is 6.07 Å². The quantitative estimate of drug-likeness (QED) is 0.358. The molecule has 0 bridgehead atoms. The lowest BCUT2D eigenvalue weighted by atomic mass is 10.1. The Balaban J connectivity index is 1.88. The third-order valence-electron chi connectivity index (χ3n) is 6.42. The molecule has 0 unspecified atom stereocenters. The number of benzene rings is 1. The molecule has 1 aliphatic rings. The first-order valence-corrected chi connectivity index (χ1v) is 12.2. The van der Waals surface area contributed by atoms with Gasteiger partial charge in [0.25, 0.3) is 5.56 Å². The average Bonchev–Trinajstić information content (AvgIpc) is 3.66. The molecule has 0 aliphatic heterocycles. The number of hydrogen-bond acceptors (Lipinski definition) is 9. The monoisotopic (exact) mass is 515 g/mol. The molecule has 3 aromatic rings. The smallest absolute Gasteiger partial charge is 0.333 e. The highest BCUT2D eigenvalue weighted by atomic mass is 16.5. The Morgan fingerprint density at radius 1 is 1.14 bits per heavy atom. The Hall–Kier alpha value is -3.80. The summed E-state index contributed by atoms with van der Waals surface area (Å²) in [6, 6.07) is 4.11. The number of aromatic nitrogens is 4. The summed E-state index contributed by atoms with van der Waals surface area (Å²) >= 11 is 0. The lowest BCUT2D eigenvalue weighted by Crippen LogP contribution is -2.39. The van der Waals surface area contributed by atoms with Crippen molar-refractivity contribution in [3.05, 3.63) is 44.6 Å². The van der Waals surface area contributed by atoms with Gasteiger partial charge in [0.15, 0.2) is 28.7 Å². The average molecular weight is 516 g/mol. The third kappa shape index (κ3) is 5.19. The van der Waals surface area contributed by atoms with Crippen LogP contribution < -0.4 is 26.0 Å². The van der Waals surface area contributed by atoms with Crippen LogP contribution in [0, 0.1) is 5.92 Å². The van der Waals surface area contributed by atoms with Crippen LogP contribution in [0.1, 0.15) is 31.4 Å². The van der Waals surface area contributed by atoms with Crippen LogP contribution in [0.15, 0.2) is 27.8 Å².